The number of aromatic nitrogens is 5. The molecule has 0 bridgehead atoms. The molecule has 0 radical (unpaired) electrons. The van der Waals surface area contributed by atoms with E-state index in [0.717, 1.165) is 10.9 Å². The summed E-state index contributed by atoms with van der Waals surface area (Å²) in [7, 11) is 0. The second-order valence-corrected chi connectivity index (χ2v) is 8.28. The van der Waals surface area contributed by atoms with Gasteiger partial charge in [0.1, 0.15) is 17.3 Å². The fourth-order valence-electron chi connectivity index (χ4n) is 4.08. The maximum Gasteiger partial charge on any atom is 0.435 e. The number of nitriles is 1. The fraction of sp³-hybridized carbons (Fsp3) is 0.455. The molecule has 1 unspecified atom stereocenters. The van der Waals surface area contributed by atoms with Crippen LogP contribution in [-0.2, 0) is 15.7 Å². The Hall–Kier alpha value is -3.99. The number of piperazine rings is 1. The minimum Gasteiger partial charge on any atom is -0.379 e. The topological polar surface area (TPSA) is 133 Å². The predicted molar refractivity (Wildman–Crippen MR) is 121 cm³/mol. The molecule has 4 rings (SSSR count). The molecule has 4 heterocycles. The lowest BCUT2D eigenvalue weighted by molar-refractivity contribution is -0.140. The number of carbonyl (C=O) groups is 1. The van der Waals surface area contributed by atoms with Crippen LogP contribution in [0.2, 0.25) is 0 Å². The average Bonchev–Trinajstić information content (AvgIpc) is 3.28. The van der Waals surface area contributed by atoms with E-state index in [1.54, 1.807) is 30.2 Å². The van der Waals surface area contributed by atoms with Gasteiger partial charge in [-0.05, 0) is 19.1 Å². The van der Waals surface area contributed by atoms with E-state index in [2.05, 4.69) is 21.3 Å². The first kappa shape index (κ1) is 25.1. The van der Waals surface area contributed by atoms with Gasteiger partial charge in [0.25, 0.3) is 5.56 Å². The van der Waals surface area contributed by atoms with Gasteiger partial charge in [-0.2, -0.15) is 28.6 Å². The molecule has 1 aliphatic rings. The smallest absolute Gasteiger partial charge is 0.379 e. The number of amides is 1. The van der Waals surface area contributed by atoms with Gasteiger partial charge in [0.15, 0.2) is 5.69 Å². The Morgan fingerprint density at radius 2 is 2.06 bits per heavy atom. The van der Waals surface area contributed by atoms with Gasteiger partial charge in [-0.15, -0.1) is 0 Å². The molecule has 0 saturated carbocycles. The Balaban J connectivity index is 1.29. The number of carbonyl (C=O) groups excluding carboxylic acids is 1. The summed E-state index contributed by atoms with van der Waals surface area (Å²) in [5, 5.41) is 17.9. The van der Waals surface area contributed by atoms with Crippen molar-refractivity contribution in [3.63, 3.8) is 0 Å². The number of nitrogens with zero attached hydrogens (tertiary/aromatic N) is 7. The van der Waals surface area contributed by atoms with Crippen LogP contribution in [0.4, 0.5) is 19.0 Å². The molecule has 1 amide bonds. The second-order valence-electron chi connectivity index (χ2n) is 8.28. The summed E-state index contributed by atoms with van der Waals surface area (Å²) in [6, 6.07) is 4.87. The standard InChI is InChI=1S/C22H23F3N8O3/c1-14(33-16-12-28-29-21(35)18(16)19(30-33)22(23,24)25)13-36-10-4-17(34)31-6-8-32(9-7-31)20-15(11-26)3-2-5-27-20/h2-3,5,12,14H,4,6-10,13H2,1H3,(H,29,35). The van der Waals surface area contributed by atoms with E-state index < -0.39 is 28.9 Å². The lowest BCUT2D eigenvalue weighted by Crippen LogP contribution is -2.49. The summed E-state index contributed by atoms with van der Waals surface area (Å²) in [6.45, 7) is 3.68. The van der Waals surface area contributed by atoms with Crippen LogP contribution in [-0.4, -0.2) is 75.2 Å². The maximum absolute atomic E-state index is 13.4. The van der Waals surface area contributed by atoms with Gasteiger partial charge in [-0.25, -0.2) is 10.1 Å². The molecule has 190 valence electrons. The summed E-state index contributed by atoms with van der Waals surface area (Å²) in [5.41, 5.74) is -1.83. The van der Waals surface area contributed by atoms with E-state index in [1.165, 1.54) is 0 Å². The number of hydrogen-bond donors (Lipinski definition) is 1. The molecule has 14 heteroatoms. The molecule has 1 aliphatic heterocycles. The lowest BCUT2D eigenvalue weighted by Gasteiger charge is -2.35. The van der Waals surface area contributed by atoms with Gasteiger partial charge in [-0.1, -0.05) is 0 Å². The summed E-state index contributed by atoms with van der Waals surface area (Å²) in [6.07, 6.45) is -1.96. The van der Waals surface area contributed by atoms with Crippen molar-refractivity contribution in [2.24, 2.45) is 0 Å². The normalized spacial score (nSPS) is 15.2. The molecule has 36 heavy (non-hydrogen) atoms. The van der Waals surface area contributed by atoms with E-state index in [0.29, 0.717) is 37.6 Å². The zero-order valence-corrected chi connectivity index (χ0v) is 19.3. The Bertz CT molecular complexity index is 1340. The molecule has 0 spiro atoms. The van der Waals surface area contributed by atoms with Gasteiger partial charge < -0.3 is 14.5 Å². The van der Waals surface area contributed by atoms with Crippen LogP contribution in [0, 0.1) is 11.3 Å². The van der Waals surface area contributed by atoms with Crippen LogP contribution in [0.3, 0.4) is 0 Å². The van der Waals surface area contributed by atoms with Crippen LogP contribution in [0.1, 0.15) is 30.6 Å². The van der Waals surface area contributed by atoms with E-state index in [9.17, 15) is 28.0 Å². The molecule has 0 aromatic carbocycles. The van der Waals surface area contributed by atoms with Crippen LogP contribution in [0.15, 0.2) is 29.3 Å². The van der Waals surface area contributed by atoms with Gasteiger partial charge in [0.2, 0.25) is 5.91 Å². The van der Waals surface area contributed by atoms with Crippen molar-refractivity contribution in [1.82, 2.24) is 29.9 Å². The number of aromatic amines is 1. The molecule has 1 atom stereocenters. The monoisotopic (exact) mass is 504 g/mol. The number of hydrogen-bond acceptors (Lipinski definition) is 8. The molecule has 3 aromatic rings. The molecule has 1 N–H and O–H groups in total. The summed E-state index contributed by atoms with van der Waals surface area (Å²) >= 11 is 0. The predicted octanol–water partition coefficient (Wildman–Crippen LogP) is 1.72. The Morgan fingerprint density at radius 1 is 1.31 bits per heavy atom. The third kappa shape index (κ3) is 5.15. The first-order valence-electron chi connectivity index (χ1n) is 11.2. The SMILES string of the molecule is CC(COCCC(=O)N1CCN(c2ncccc2C#N)CC1)n1nc(C(F)(F)F)c2c(=O)[nH]ncc21. The summed E-state index contributed by atoms with van der Waals surface area (Å²) in [4.78, 5) is 32.4. The van der Waals surface area contributed by atoms with Crippen LogP contribution in [0.5, 0.6) is 0 Å². The first-order chi connectivity index (χ1) is 17.2. The zero-order valence-electron chi connectivity index (χ0n) is 19.3. The number of alkyl halides is 3. The molecule has 11 nitrogen and oxygen atoms in total. The van der Waals surface area contributed by atoms with Gasteiger partial charge in [0, 0.05) is 32.4 Å². The fourth-order valence-corrected chi connectivity index (χ4v) is 4.08. The highest BCUT2D eigenvalue weighted by atomic mass is 19.4. The largest absolute Gasteiger partial charge is 0.435 e. The number of fused-ring (bicyclic) bond motifs is 1. The Morgan fingerprint density at radius 3 is 2.75 bits per heavy atom. The van der Waals surface area contributed by atoms with E-state index >= 15 is 0 Å². The third-order valence-corrected chi connectivity index (χ3v) is 5.87. The number of H-pyrrole nitrogens is 1. The first-order valence-corrected chi connectivity index (χ1v) is 11.2. The maximum atomic E-state index is 13.4. The van der Waals surface area contributed by atoms with Gasteiger partial charge in [0.05, 0.1) is 43.0 Å². The molecule has 1 fully saturated rings. The van der Waals surface area contributed by atoms with Crippen molar-refractivity contribution < 1.29 is 22.7 Å². The number of pyridine rings is 1. The van der Waals surface area contributed by atoms with Crippen LogP contribution in [0.25, 0.3) is 10.9 Å². The van der Waals surface area contributed by atoms with E-state index in [4.69, 9.17) is 4.74 Å². The van der Waals surface area contributed by atoms with Crippen LogP contribution < -0.4 is 10.5 Å². The highest BCUT2D eigenvalue weighted by Gasteiger charge is 2.38. The number of halogens is 3. The second kappa shape index (κ2) is 10.3. The third-order valence-electron chi connectivity index (χ3n) is 5.87. The van der Waals surface area contributed by atoms with Crippen molar-refractivity contribution in [1.29, 1.82) is 5.26 Å². The molecule has 0 aliphatic carbocycles. The van der Waals surface area contributed by atoms with Crippen molar-refractivity contribution in [2.45, 2.75) is 25.6 Å². The average molecular weight is 504 g/mol. The summed E-state index contributed by atoms with van der Waals surface area (Å²) < 4.78 is 46.7. The van der Waals surface area contributed by atoms with Crippen molar-refractivity contribution in [3.8, 4) is 6.07 Å². The summed E-state index contributed by atoms with van der Waals surface area (Å²) in [5.74, 6) is 0.491. The van der Waals surface area contributed by atoms with E-state index in [1.807, 2.05) is 10.00 Å². The van der Waals surface area contributed by atoms with Crippen LogP contribution >= 0.6 is 0 Å². The number of rotatable bonds is 7. The number of nitrogens with one attached hydrogen (secondary N) is 1. The van der Waals surface area contributed by atoms with E-state index in [-0.39, 0.29) is 31.1 Å². The highest BCUT2D eigenvalue weighted by Crippen LogP contribution is 2.33. The van der Waals surface area contributed by atoms with Crippen molar-refractivity contribution in [3.05, 3.63) is 46.1 Å². The zero-order chi connectivity index (χ0) is 25.9. The van der Waals surface area contributed by atoms with Gasteiger partial charge in [-0.3, -0.25) is 14.3 Å². The lowest BCUT2D eigenvalue weighted by atomic mass is 10.2. The molecule has 1 saturated heterocycles. The highest BCUT2D eigenvalue weighted by molar-refractivity contribution is 5.80. The molecule has 3 aromatic heterocycles. The number of anilines is 1. The minimum absolute atomic E-state index is 0.0153. The number of ether oxygens (including phenoxy) is 1. The Kier molecular flexibility index (Phi) is 7.20. The quantitative estimate of drug-likeness (QED) is 0.481. The minimum atomic E-state index is -4.80. The van der Waals surface area contributed by atoms with Crippen molar-refractivity contribution >= 4 is 22.6 Å². The molecular formula is C22H23F3N8O3. The molecular weight excluding hydrogens is 481 g/mol. The van der Waals surface area contributed by atoms with Crippen molar-refractivity contribution in [2.75, 3.05) is 44.3 Å². The van der Waals surface area contributed by atoms with Gasteiger partial charge >= 0.3 is 6.18 Å². The Labute approximate surface area is 203 Å².